The van der Waals surface area contributed by atoms with Gasteiger partial charge in [0.15, 0.2) is 0 Å². The number of fused-ring (bicyclic) bond motifs is 3. The maximum absolute atomic E-state index is 13.4. The van der Waals surface area contributed by atoms with E-state index in [1.165, 1.54) is 0 Å². The van der Waals surface area contributed by atoms with Crippen LogP contribution in [0.5, 0.6) is 0 Å². The van der Waals surface area contributed by atoms with Gasteiger partial charge in [0.25, 0.3) is 0 Å². The minimum atomic E-state index is -0.857. The third kappa shape index (κ3) is 5.66. The molecule has 1 aliphatic heterocycles. The van der Waals surface area contributed by atoms with Crippen LogP contribution in [0.4, 0.5) is 4.79 Å². The number of amides is 2. The average molecular weight is 479 g/mol. The predicted octanol–water partition coefficient (Wildman–Crippen LogP) is 4.94. The van der Waals surface area contributed by atoms with Crippen molar-refractivity contribution in [3.05, 3.63) is 59.7 Å². The van der Waals surface area contributed by atoms with E-state index in [4.69, 9.17) is 9.84 Å². The molecule has 1 aliphatic carbocycles. The number of carbonyl (C=O) groups is 3. The highest BCUT2D eigenvalue weighted by Crippen LogP contribution is 2.44. The SMILES string of the molecule is CCC[C@H](NC(=O)OCC1c2ccccc2-c2ccccc21)C(=O)N1CCCCC1CCC(=O)O. The second kappa shape index (κ2) is 11.4. The zero-order valence-electron chi connectivity index (χ0n) is 20.2. The monoisotopic (exact) mass is 478 g/mol. The van der Waals surface area contributed by atoms with Crippen LogP contribution in [0.2, 0.25) is 0 Å². The number of ether oxygens (including phenoxy) is 1. The number of alkyl carbamates (subject to hydrolysis) is 1. The van der Waals surface area contributed by atoms with Gasteiger partial charge in [-0.05, 0) is 54.4 Å². The Kier molecular flexibility index (Phi) is 8.06. The summed E-state index contributed by atoms with van der Waals surface area (Å²) in [4.78, 5) is 39.0. The number of rotatable bonds is 9. The predicted molar refractivity (Wildman–Crippen MR) is 133 cm³/mol. The largest absolute Gasteiger partial charge is 0.481 e. The van der Waals surface area contributed by atoms with E-state index in [0.717, 1.165) is 47.9 Å². The van der Waals surface area contributed by atoms with Crippen molar-refractivity contribution in [2.45, 2.75) is 69.9 Å². The lowest BCUT2D eigenvalue weighted by molar-refractivity contribution is -0.141. The van der Waals surface area contributed by atoms with Crippen LogP contribution in [-0.4, -0.2) is 53.2 Å². The zero-order valence-corrected chi connectivity index (χ0v) is 20.2. The summed E-state index contributed by atoms with van der Waals surface area (Å²) in [6, 6.07) is 15.5. The van der Waals surface area contributed by atoms with Gasteiger partial charge in [-0.25, -0.2) is 4.79 Å². The summed E-state index contributed by atoms with van der Waals surface area (Å²) in [6.45, 7) is 2.76. The highest BCUT2D eigenvalue weighted by molar-refractivity contribution is 5.86. The van der Waals surface area contributed by atoms with Gasteiger partial charge in [-0.2, -0.15) is 0 Å². The molecule has 2 N–H and O–H groups in total. The molecule has 1 fully saturated rings. The molecule has 0 saturated carbocycles. The number of carboxylic acids is 1. The molecular weight excluding hydrogens is 444 g/mol. The summed E-state index contributed by atoms with van der Waals surface area (Å²) in [5.74, 6) is -1.05. The van der Waals surface area contributed by atoms with Gasteiger partial charge in [-0.15, -0.1) is 0 Å². The molecule has 7 nitrogen and oxygen atoms in total. The molecule has 186 valence electrons. The minimum Gasteiger partial charge on any atom is -0.481 e. The highest BCUT2D eigenvalue weighted by atomic mass is 16.5. The number of likely N-dealkylation sites (tertiary alicyclic amines) is 1. The fourth-order valence-electron chi connectivity index (χ4n) is 5.41. The number of nitrogens with one attached hydrogen (secondary N) is 1. The van der Waals surface area contributed by atoms with Crippen LogP contribution in [0.25, 0.3) is 11.1 Å². The number of carbonyl (C=O) groups excluding carboxylic acids is 2. The minimum absolute atomic E-state index is 0.0344. The number of piperidine rings is 1. The third-order valence-corrected chi connectivity index (χ3v) is 7.11. The molecule has 2 aromatic rings. The van der Waals surface area contributed by atoms with Crippen LogP contribution >= 0.6 is 0 Å². The number of aliphatic carboxylic acids is 1. The van der Waals surface area contributed by atoms with Crippen LogP contribution in [0, 0.1) is 0 Å². The van der Waals surface area contributed by atoms with Crippen molar-refractivity contribution in [2.24, 2.45) is 0 Å². The van der Waals surface area contributed by atoms with Crippen molar-refractivity contribution in [1.29, 1.82) is 0 Å². The Morgan fingerprint density at radius 3 is 2.34 bits per heavy atom. The van der Waals surface area contributed by atoms with Crippen LogP contribution in [0.1, 0.15) is 68.9 Å². The van der Waals surface area contributed by atoms with Crippen molar-refractivity contribution in [3.8, 4) is 11.1 Å². The second-order valence-electron chi connectivity index (χ2n) is 9.42. The molecule has 2 aromatic carbocycles. The molecule has 0 bridgehead atoms. The smallest absolute Gasteiger partial charge is 0.407 e. The molecule has 2 amide bonds. The van der Waals surface area contributed by atoms with Gasteiger partial charge >= 0.3 is 12.1 Å². The fraction of sp³-hybridized carbons (Fsp3) is 0.464. The first-order valence-corrected chi connectivity index (χ1v) is 12.6. The summed E-state index contributed by atoms with van der Waals surface area (Å²) in [6.07, 6.45) is 3.77. The maximum Gasteiger partial charge on any atom is 0.407 e. The van der Waals surface area contributed by atoms with E-state index < -0.39 is 18.1 Å². The number of carboxylic acid groups (broad SMARTS) is 1. The Morgan fingerprint density at radius 1 is 1.06 bits per heavy atom. The van der Waals surface area contributed by atoms with Gasteiger partial charge in [0.05, 0.1) is 0 Å². The first-order valence-electron chi connectivity index (χ1n) is 12.6. The Hall–Kier alpha value is -3.35. The van der Waals surface area contributed by atoms with E-state index >= 15 is 0 Å². The van der Waals surface area contributed by atoms with Gasteiger partial charge in [-0.3, -0.25) is 9.59 Å². The molecule has 2 atom stereocenters. The number of hydrogen-bond acceptors (Lipinski definition) is 4. The lowest BCUT2D eigenvalue weighted by Gasteiger charge is -2.38. The zero-order chi connectivity index (χ0) is 24.8. The number of nitrogens with zero attached hydrogens (tertiary/aromatic N) is 1. The normalized spacial score (nSPS) is 17.9. The average Bonchev–Trinajstić information content (AvgIpc) is 3.19. The van der Waals surface area contributed by atoms with Crippen LogP contribution in [0.3, 0.4) is 0 Å². The molecule has 0 radical (unpaired) electrons. The quantitative estimate of drug-likeness (QED) is 0.532. The van der Waals surface area contributed by atoms with E-state index in [0.29, 0.717) is 19.4 Å². The van der Waals surface area contributed by atoms with E-state index in [-0.39, 0.29) is 30.9 Å². The summed E-state index contributed by atoms with van der Waals surface area (Å²) in [5, 5.41) is 11.9. The van der Waals surface area contributed by atoms with Gasteiger partial charge in [0.1, 0.15) is 12.6 Å². The van der Waals surface area contributed by atoms with E-state index in [9.17, 15) is 14.4 Å². The van der Waals surface area contributed by atoms with E-state index in [2.05, 4.69) is 29.6 Å². The molecule has 7 heteroatoms. The van der Waals surface area contributed by atoms with Crippen LogP contribution < -0.4 is 5.32 Å². The Bertz CT molecular complexity index is 1020. The van der Waals surface area contributed by atoms with Crippen molar-refractivity contribution in [2.75, 3.05) is 13.2 Å². The Morgan fingerprint density at radius 2 is 1.71 bits per heavy atom. The molecule has 1 unspecified atom stereocenters. The Balaban J connectivity index is 1.40. The Labute approximate surface area is 206 Å². The van der Waals surface area contributed by atoms with Crippen molar-refractivity contribution < 1.29 is 24.2 Å². The van der Waals surface area contributed by atoms with Crippen LogP contribution in [-0.2, 0) is 14.3 Å². The molecule has 2 aliphatic rings. The first-order chi connectivity index (χ1) is 17.0. The highest BCUT2D eigenvalue weighted by Gasteiger charge is 2.33. The molecule has 1 saturated heterocycles. The molecule has 4 rings (SSSR count). The maximum atomic E-state index is 13.4. The van der Waals surface area contributed by atoms with E-state index in [1.807, 2.05) is 31.2 Å². The van der Waals surface area contributed by atoms with Gasteiger partial charge < -0.3 is 20.1 Å². The molecular formula is C28H34N2O5. The summed E-state index contributed by atoms with van der Waals surface area (Å²) in [5.41, 5.74) is 4.59. The summed E-state index contributed by atoms with van der Waals surface area (Å²) in [7, 11) is 0. The summed E-state index contributed by atoms with van der Waals surface area (Å²) >= 11 is 0. The molecule has 35 heavy (non-hydrogen) atoms. The number of benzene rings is 2. The van der Waals surface area contributed by atoms with Crippen LogP contribution in [0.15, 0.2) is 48.5 Å². The third-order valence-electron chi connectivity index (χ3n) is 7.11. The summed E-state index contributed by atoms with van der Waals surface area (Å²) < 4.78 is 5.66. The topological polar surface area (TPSA) is 95.9 Å². The first kappa shape index (κ1) is 24.8. The molecule has 1 heterocycles. The molecule has 0 aromatic heterocycles. The van der Waals surface area contributed by atoms with Gasteiger partial charge in [0, 0.05) is 24.9 Å². The van der Waals surface area contributed by atoms with Gasteiger partial charge in [-0.1, -0.05) is 61.9 Å². The molecule has 0 spiro atoms. The van der Waals surface area contributed by atoms with Crippen molar-refractivity contribution in [3.63, 3.8) is 0 Å². The second-order valence-corrected chi connectivity index (χ2v) is 9.42. The van der Waals surface area contributed by atoms with Crippen molar-refractivity contribution in [1.82, 2.24) is 10.2 Å². The standard InChI is InChI=1S/C28H34N2O5/c1-2-9-25(27(33)30-17-8-7-10-19(30)15-16-26(31)32)29-28(34)35-18-24-22-13-5-3-11-20(22)21-12-4-6-14-23(21)24/h3-6,11-14,19,24-25H,2,7-10,15-18H2,1H3,(H,29,34)(H,31,32)/t19?,25-/m0/s1. The number of hydrogen-bond donors (Lipinski definition) is 2. The van der Waals surface area contributed by atoms with E-state index in [1.54, 1.807) is 4.90 Å². The lowest BCUT2D eigenvalue weighted by atomic mass is 9.96. The fourth-order valence-corrected chi connectivity index (χ4v) is 5.41. The lowest BCUT2D eigenvalue weighted by Crippen LogP contribution is -2.53. The van der Waals surface area contributed by atoms with Crippen molar-refractivity contribution >= 4 is 18.0 Å². The van der Waals surface area contributed by atoms with Gasteiger partial charge in [0.2, 0.25) is 5.91 Å².